The van der Waals surface area contributed by atoms with E-state index < -0.39 is 15.6 Å². The summed E-state index contributed by atoms with van der Waals surface area (Å²) in [6.07, 6.45) is 0. The number of nitrogens with two attached hydrogens (primary N) is 1. The molecule has 0 unspecified atom stereocenters. The summed E-state index contributed by atoms with van der Waals surface area (Å²) in [5.74, 6) is 0. The van der Waals surface area contributed by atoms with E-state index in [4.69, 9.17) is 20.9 Å². The minimum Gasteiger partial charge on any atom is -0.345 e. The largest absolute Gasteiger partial charge is 0.345 e. The molecule has 0 bridgehead atoms. The van der Waals surface area contributed by atoms with Gasteiger partial charge in [-0.05, 0) is 24.6 Å². The van der Waals surface area contributed by atoms with Crippen molar-refractivity contribution in [3.63, 3.8) is 0 Å². The van der Waals surface area contributed by atoms with Gasteiger partial charge < -0.3 is 5.32 Å². The van der Waals surface area contributed by atoms with Gasteiger partial charge in [0, 0.05) is 5.69 Å². The van der Waals surface area contributed by atoms with Crippen LogP contribution in [0, 0.1) is 40.9 Å². The van der Waals surface area contributed by atoms with Crippen LogP contribution in [-0.2, 0) is 10.0 Å². The van der Waals surface area contributed by atoms with Gasteiger partial charge in [0.1, 0.15) is 23.9 Å². The zero-order valence-corrected chi connectivity index (χ0v) is 11.2. The molecule has 0 aliphatic heterocycles. The van der Waals surface area contributed by atoms with E-state index in [9.17, 15) is 8.42 Å². The van der Waals surface area contributed by atoms with Gasteiger partial charge in [-0.25, -0.2) is 13.6 Å². The van der Waals surface area contributed by atoms with Crippen LogP contribution in [0.4, 0.5) is 5.69 Å². The minimum atomic E-state index is -3.88. The molecule has 1 rings (SSSR count). The quantitative estimate of drug-likeness (QED) is 0.789. The molecule has 7 nitrogen and oxygen atoms in total. The summed E-state index contributed by atoms with van der Waals surface area (Å²) in [5.41, 5.74) is 0.244. The van der Waals surface area contributed by atoms with Gasteiger partial charge in [0.05, 0.1) is 4.90 Å². The van der Waals surface area contributed by atoms with E-state index in [1.165, 1.54) is 18.2 Å². The van der Waals surface area contributed by atoms with Crippen LogP contribution in [0.2, 0.25) is 0 Å². The van der Waals surface area contributed by atoms with E-state index in [0.29, 0.717) is 5.56 Å². The monoisotopic (exact) mass is 287 g/mol. The molecule has 8 heteroatoms. The Balaban J connectivity index is 3.37. The number of hydrogen-bond donors (Lipinski definition) is 2. The Morgan fingerprint density at radius 3 is 2.25 bits per heavy atom. The summed E-state index contributed by atoms with van der Waals surface area (Å²) in [4.78, 5) is -0.140. The van der Waals surface area contributed by atoms with Crippen LogP contribution in [0.15, 0.2) is 34.4 Å². The second-order valence-corrected chi connectivity index (χ2v) is 5.29. The lowest BCUT2D eigenvalue weighted by atomic mass is 10.2. The number of nitriles is 3. The third-order valence-corrected chi connectivity index (χ3v) is 3.29. The molecule has 0 saturated carbocycles. The smallest absolute Gasteiger partial charge is 0.238 e. The molecule has 3 N–H and O–H groups in total. The average Bonchev–Trinajstić information content (AvgIpc) is 2.39. The number of anilines is 1. The van der Waals surface area contributed by atoms with Crippen molar-refractivity contribution in [3.05, 3.63) is 35.0 Å². The van der Waals surface area contributed by atoms with E-state index in [0.717, 1.165) is 0 Å². The highest BCUT2D eigenvalue weighted by Crippen LogP contribution is 2.21. The van der Waals surface area contributed by atoms with Crippen molar-refractivity contribution >= 4 is 15.7 Å². The molecule has 0 spiro atoms. The highest BCUT2D eigenvalue weighted by Gasteiger charge is 2.12. The lowest BCUT2D eigenvalue weighted by molar-refractivity contribution is 0.598. The van der Waals surface area contributed by atoms with E-state index in [1.54, 1.807) is 25.1 Å². The second kappa shape index (κ2) is 5.85. The number of aryl methyl sites for hydroxylation is 1. The predicted molar refractivity (Wildman–Crippen MR) is 70.0 cm³/mol. The second-order valence-electron chi connectivity index (χ2n) is 3.73. The van der Waals surface area contributed by atoms with Gasteiger partial charge in [-0.15, -0.1) is 0 Å². The maximum Gasteiger partial charge on any atom is 0.238 e. The minimum absolute atomic E-state index is 0.140. The van der Waals surface area contributed by atoms with E-state index in [2.05, 4.69) is 5.32 Å². The molecule has 0 radical (unpaired) electrons. The third-order valence-electron chi connectivity index (χ3n) is 2.38. The Morgan fingerprint density at radius 2 is 1.80 bits per heavy atom. The Morgan fingerprint density at radius 1 is 1.20 bits per heavy atom. The lowest BCUT2D eigenvalue weighted by Gasteiger charge is -2.09. The Kier molecular flexibility index (Phi) is 4.45. The van der Waals surface area contributed by atoms with E-state index >= 15 is 0 Å². The molecule has 100 valence electrons. The zero-order valence-electron chi connectivity index (χ0n) is 10.4. The summed E-state index contributed by atoms with van der Waals surface area (Å²) >= 11 is 0. The lowest BCUT2D eigenvalue weighted by Crippen LogP contribution is -2.13. The molecular weight excluding hydrogens is 278 g/mol. The molecule has 0 saturated heterocycles. The molecule has 0 aliphatic carbocycles. The Bertz CT molecular complexity index is 788. The first kappa shape index (κ1) is 15.2. The molecular formula is C12H9N5O2S. The SMILES string of the molecule is Cc1ccc(S(N)(=O)=O)cc1NC(C#N)=C(C#N)C#N. The predicted octanol–water partition coefficient (Wildman–Crippen LogP) is 0.879. The number of primary sulfonamides is 1. The van der Waals surface area contributed by atoms with Crippen LogP contribution in [-0.4, -0.2) is 8.42 Å². The molecule has 0 heterocycles. The number of benzene rings is 1. The first-order valence-corrected chi connectivity index (χ1v) is 6.73. The molecule has 20 heavy (non-hydrogen) atoms. The highest BCUT2D eigenvalue weighted by molar-refractivity contribution is 7.89. The van der Waals surface area contributed by atoms with Crippen molar-refractivity contribution in [2.24, 2.45) is 5.14 Å². The van der Waals surface area contributed by atoms with Gasteiger partial charge >= 0.3 is 0 Å². The topological polar surface area (TPSA) is 144 Å². The van der Waals surface area contributed by atoms with E-state index in [1.807, 2.05) is 0 Å². The van der Waals surface area contributed by atoms with Gasteiger partial charge in [-0.3, -0.25) is 0 Å². The van der Waals surface area contributed by atoms with Gasteiger partial charge in [0.15, 0.2) is 5.57 Å². The number of hydrogen-bond acceptors (Lipinski definition) is 6. The molecule has 0 fully saturated rings. The molecule has 0 atom stereocenters. The summed E-state index contributed by atoms with van der Waals surface area (Å²) in [7, 11) is -3.88. The maximum absolute atomic E-state index is 11.3. The van der Waals surface area contributed by atoms with Crippen molar-refractivity contribution in [1.29, 1.82) is 15.8 Å². The highest BCUT2D eigenvalue weighted by atomic mass is 32.2. The van der Waals surface area contributed by atoms with E-state index in [-0.39, 0.29) is 16.3 Å². The maximum atomic E-state index is 11.3. The summed E-state index contributed by atoms with van der Waals surface area (Å²) in [5, 5.41) is 33.9. The van der Waals surface area contributed by atoms with Crippen molar-refractivity contribution in [1.82, 2.24) is 0 Å². The molecule has 0 aromatic heterocycles. The average molecular weight is 287 g/mol. The number of allylic oxidation sites excluding steroid dienone is 2. The fourth-order valence-corrected chi connectivity index (χ4v) is 1.87. The number of rotatable bonds is 3. The van der Waals surface area contributed by atoms with Crippen molar-refractivity contribution in [2.45, 2.75) is 11.8 Å². The van der Waals surface area contributed by atoms with Crippen LogP contribution >= 0.6 is 0 Å². The summed E-state index contributed by atoms with van der Waals surface area (Å²) in [6.45, 7) is 1.67. The number of sulfonamides is 1. The van der Waals surface area contributed by atoms with Gasteiger partial charge in [-0.2, -0.15) is 15.8 Å². The standard InChI is InChI=1S/C12H9N5O2S/c1-8-2-3-10(20(16,18)19)4-11(8)17-12(7-15)9(5-13)6-14/h2-4,17H,1H3,(H2,16,18,19). The van der Waals surface area contributed by atoms with Crippen LogP contribution in [0.3, 0.4) is 0 Å². The molecule has 1 aromatic carbocycles. The van der Waals surface area contributed by atoms with Crippen LogP contribution in [0.1, 0.15) is 5.56 Å². The summed E-state index contributed by atoms with van der Waals surface area (Å²) in [6, 6.07) is 8.88. The van der Waals surface area contributed by atoms with Crippen molar-refractivity contribution in [3.8, 4) is 18.2 Å². The first-order valence-electron chi connectivity index (χ1n) is 5.18. The van der Waals surface area contributed by atoms with Crippen LogP contribution in [0.5, 0.6) is 0 Å². The molecule has 0 aliphatic rings. The molecule has 1 aromatic rings. The van der Waals surface area contributed by atoms with Crippen LogP contribution in [0.25, 0.3) is 0 Å². The van der Waals surface area contributed by atoms with Crippen LogP contribution < -0.4 is 10.5 Å². The number of nitrogens with zero attached hydrogens (tertiary/aromatic N) is 3. The zero-order chi connectivity index (χ0) is 15.3. The third kappa shape index (κ3) is 3.33. The Hall–Kier alpha value is -2.86. The van der Waals surface area contributed by atoms with Gasteiger partial charge in [0.25, 0.3) is 0 Å². The fourth-order valence-electron chi connectivity index (χ4n) is 1.33. The number of nitrogens with one attached hydrogen (secondary N) is 1. The van der Waals surface area contributed by atoms with Crippen molar-refractivity contribution in [2.75, 3.05) is 5.32 Å². The van der Waals surface area contributed by atoms with Gasteiger partial charge in [0.2, 0.25) is 10.0 Å². The van der Waals surface area contributed by atoms with Crippen molar-refractivity contribution < 1.29 is 8.42 Å². The summed E-state index contributed by atoms with van der Waals surface area (Å²) < 4.78 is 22.5. The Labute approximate surface area is 116 Å². The van der Waals surface area contributed by atoms with Gasteiger partial charge in [-0.1, -0.05) is 6.07 Å². The molecule has 0 amide bonds. The normalized spacial score (nSPS) is 9.75. The fraction of sp³-hybridized carbons (Fsp3) is 0.0833. The first-order chi connectivity index (χ1) is 9.33.